The first-order valence-electron chi connectivity index (χ1n) is 6.26. The molecule has 2 aromatic heterocycles. The minimum atomic E-state index is -3.64. The second-order valence-electron chi connectivity index (χ2n) is 5.03. The van der Waals surface area contributed by atoms with Crippen LogP contribution in [0, 0.1) is 5.92 Å². The van der Waals surface area contributed by atoms with Gasteiger partial charge in [-0.2, -0.15) is 0 Å². The molecule has 0 amide bonds. The van der Waals surface area contributed by atoms with Crippen molar-refractivity contribution >= 4 is 37.9 Å². The van der Waals surface area contributed by atoms with Crippen molar-refractivity contribution in [3.8, 4) is 0 Å². The molecule has 0 aliphatic carbocycles. The summed E-state index contributed by atoms with van der Waals surface area (Å²) in [5.74, 6) is 0.347. The number of imidazole rings is 1. The Morgan fingerprint density at radius 1 is 1.60 bits per heavy atom. The zero-order valence-corrected chi connectivity index (χ0v) is 13.3. The maximum absolute atomic E-state index is 12.4. The first kappa shape index (κ1) is 14.3. The Morgan fingerprint density at radius 2 is 2.40 bits per heavy atom. The standard InChI is InChI=1S/C11H15ClN4O2S2/c1-15-3-2-8(7-15)6-13-20(17,18)10-9(12)14-11-16(10)4-5-19-11/h4-5,8,13H,2-3,6-7H2,1H3. The smallest absolute Gasteiger partial charge is 0.259 e. The van der Waals surface area contributed by atoms with Gasteiger partial charge < -0.3 is 4.90 Å². The van der Waals surface area contributed by atoms with E-state index < -0.39 is 10.0 Å². The fourth-order valence-electron chi connectivity index (χ4n) is 2.47. The zero-order chi connectivity index (χ0) is 14.3. The van der Waals surface area contributed by atoms with Gasteiger partial charge in [0, 0.05) is 24.7 Å². The number of aromatic nitrogens is 2. The first-order valence-corrected chi connectivity index (χ1v) is 9.01. The highest BCUT2D eigenvalue weighted by Crippen LogP contribution is 2.25. The monoisotopic (exact) mass is 334 g/mol. The Labute approximate surface area is 126 Å². The second kappa shape index (κ2) is 5.27. The van der Waals surface area contributed by atoms with E-state index in [0.29, 0.717) is 17.4 Å². The predicted molar refractivity (Wildman–Crippen MR) is 78.9 cm³/mol. The number of hydrogen-bond donors (Lipinski definition) is 1. The molecule has 0 saturated carbocycles. The van der Waals surface area contributed by atoms with E-state index in [1.807, 2.05) is 7.05 Å². The molecule has 1 aliphatic heterocycles. The predicted octanol–water partition coefficient (Wildman–Crippen LogP) is 1.28. The van der Waals surface area contributed by atoms with Gasteiger partial charge in [-0.05, 0) is 25.9 Å². The lowest BCUT2D eigenvalue weighted by Gasteiger charge is -2.11. The third kappa shape index (κ3) is 2.58. The van der Waals surface area contributed by atoms with Crippen LogP contribution in [-0.4, -0.2) is 49.4 Å². The average Bonchev–Trinajstić information content (AvgIpc) is 3.02. The van der Waals surface area contributed by atoms with Gasteiger partial charge in [0.2, 0.25) is 0 Å². The Bertz CT molecular complexity index is 724. The van der Waals surface area contributed by atoms with E-state index in [4.69, 9.17) is 11.6 Å². The lowest BCUT2D eigenvalue weighted by Crippen LogP contribution is -2.31. The number of nitrogens with zero attached hydrogens (tertiary/aromatic N) is 3. The molecule has 1 atom stereocenters. The zero-order valence-electron chi connectivity index (χ0n) is 10.9. The van der Waals surface area contributed by atoms with Gasteiger partial charge in [0.05, 0.1) is 0 Å². The van der Waals surface area contributed by atoms with E-state index in [2.05, 4.69) is 14.6 Å². The molecule has 0 aromatic carbocycles. The van der Waals surface area contributed by atoms with Gasteiger partial charge in [-0.3, -0.25) is 4.40 Å². The van der Waals surface area contributed by atoms with Gasteiger partial charge in [0.25, 0.3) is 10.0 Å². The quantitative estimate of drug-likeness (QED) is 0.914. The summed E-state index contributed by atoms with van der Waals surface area (Å²) < 4.78 is 29.0. The molecule has 1 saturated heterocycles. The summed E-state index contributed by atoms with van der Waals surface area (Å²) in [6.07, 6.45) is 2.67. The summed E-state index contributed by atoms with van der Waals surface area (Å²) in [4.78, 5) is 6.83. The largest absolute Gasteiger partial charge is 0.306 e. The van der Waals surface area contributed by atoms with Crippen molar-refractivity contribution in [2.75, 3.05) is 26.7 Å². The van der Waals surface area contributed by atoms with Crippen LogP contribution >= 0.6 is 22.9 Å². The van der Waals surface area contributed by atoms with Crippen LogP contribution in [0.25, 0.3) is 4.96 Å². The van der Waals surface area contributed by atoms with Crippen LogP contribution in [-0.2, 0) is 10.0 Å². The van der Waals surface area contributed by atoms with Gasteiger partial charge in [0.15, 0.2) is 15.1 Å². The number of nitrogens with one attached hydrogen (secondary N) is 1. The van der Waals surface area contributed by atoms with Gasteiger partial charge in [0.1, 0.15) is 0 Å². The topological polar surface area (TPSA) is 66.7 Å². The van der Waals surface area contributed by atoms with E-state index in [0.717, 1.165) is 19.5 Å². The number of sulfonamides is 1. The number of rotatable bonds is 4. The molecule has 0 radical (unpaired) electrons. The third-order valence-corrected chi connectivity index (χ3v) is 6.06. The molecule has 1 fully saturated rings. The first-order chi connectivity index (χ1) is 9.47. The van der Waals surface area contributed by atoms with Crippen molar-refractivity contribution in [1.29, 1.82) is 0 Å². The molecular weight excluding hydrogens is 320 g/mol. The molecule has 1 unspecified atom stereocenters. The minimum Gasteiger partial charge on any atom is -0.306 e. The molecule has 0 spiro atoms. The maximum Gasteiger partial charge on any atom is 0.259 e. The van der Waals surface area contributed by atoms with Crippen LogP contribution in [0.1, 0.15) is 6.42 Å². The molecule has 1 aliphatic rings. The Balaban J connectivity index is 1.81. The van der Waals surface area contributed by atoms with E-state index in [-0.39, 0.29) is 10.2 Å². The molecule has 1 N–H and O–H groups in total. The fourth-order valence-corrected chi connectivity index (χ4v) is 5.03. The van der Waals surface area contributed by atoms with Gasteiger partial charge in [-0.15, -0.1) is 11.3 Å². The number of halogens is 1. The van der Waals surface area contributed by atoms with E-state index in [1.54, 1.807) is 11.6 Å². The Hall–Kier alpha value is -0.670. The highest BCUT2D eigenvalue weighted by molar-refractivity contribution is 7.89. The second-order valence-corrected chi connectivity index (χ2v) is 7.95. The summed E-state index contributed by atoms with van der Waals surface area (Å²) in [5.41, 5.74) is 0. The van der Waals surface area contributed by atoms with Crippen LogP contribution < -0.4 is 4.72 Å². The van der Waals surface area contributed by atoms with E-state index in [9.17, 15) is 8.42 Å². The molecule has 110 valence electrons. The molecule has 0 bridgehead atoms. The number of likely N-dealkylation sites (tertiary alicyclic amines) is 1. The van der Waals surface area contributed by atoms with Crippen LogP contribution in [0.5, 0.6) is 0 Å². The molecule has 3 heterocycles. The summed E-state index contributed by atoms with van der Waals surface area (Å²) in [6, 6.07) is 0. The van der Waals surface area contributed by atoms with E-state index in [1.165, 1.54) is 15.7 Å². The van der Waals surface area contributed by atoms with Crippen LogP contribution in [0.15, 0.2) is 16.6 Å². The molecule has 20 heavy (non-hydrogen) atoms. The lowest BCUT2D eigenvalue weighted by atomic mass is 10.1. The van der Waals surface area contributed by atoms with Gasteiger partial charge in [-0.25, -0.2) is 18.1 Å². The van der Waals surface area contributed by atoms with Gasteiger partial charge >= 0.3 is 0 Å². The fraction of sp³-hybridized carbons (Fsp3) is 0.545. The highest BCUT2D eigenvalue weighted by Gasteiger charge is 2.27. The SMILES string of the molecule is CN1CCC(CNS(=O)(=O)c2c(Cl)nc3sccn23)C1. The van der Waals surface area contributed by atoms with Crippen molar-refractivity contribution in [1.82, 2.24) is 19.0 Å². The van der Waals surface area contributed by atoms with Crippen LogP contribution in [0.2, 0.25) is 5.15 Å². The number of fused-ring (bicyclic) bond motifs is 1. The van der Waals surface area contributed by atoms with Crippen LogP contribution in [0.3, 0.4) is 0 Å². The summed E-state index contributed by atoms with van der Waals surface area (Å²) in [6.45, 7) is 2.35. The Kier molecular flexibility index (Phi) is 3.76. The van der Waals surface area contributed by atoms with Crippen molar-refractivity contribution in [3.05, 3.63) is 16.7 Å². The normalized spacial score (nSPS) is 21.0. The molecule has 2 aromatic rings. The number of hydrogen-bond acceptors (Lipinski definition) is 5. The van der Waals surface area contributed by atoms with Crippen LogP contribution in [0.4, 0.5) is 0 Å². The maximum atomic E-state index is 12.4. The highest BCUT2D eigenvalue weighted by atomic mass is 35.5. The summed E-state index contributed by atoms with van der Waals surface area (Å²) in [5, 5.41) is 1.83. The van der Waals surface area contributed by atoms with Crippen molar-refractivity contribution in [2.45, 2.75) is 11.4 Å². The third-order valence-electron chi connectivity index (χ3n) is 3.48. The van der Waals surface area contributed by atoms with Gasteiger partial charge in [-0.1, -0.05) is 11.6 Å². The molecule has 9 heteroatoms. The van der Waals surface area contributed by atoms with Crippen molar-refractivity contribution in [2.24, 2.45) is 5.92 Å². The summed E-state index contributed by atoms with van der Waals surface area (Å²) in [7, 11) is -1.60. The molecule has 3 rings (SSSR count). The minimum absolute atomic E-state index is 0.0212. The lowest BCUT2D eigenvalue weighted by molar-refractivity contribution is 0.394. The van der Waals surface area contributed by atoms with E-state index >= 15 is 0 Å². The average molecular weight is 335 g/mol. The molecule has 6 nitrogen and oxygen atoms in total. The number of thiazole rings is 1. The Morgan fingerprint density at radius 3 is 3.10 bits per heavy atom. The molecular formula is C11H15ClN4O2S2. The van der Waals surface area contributed by atoms with Crippen molar-refractivity contribution in [3.63, 3.8) is 0 Å². The van der Waals surface area contributed by atoms with Crippen molar-refractivity contribution < 1.29 is 8.42 Å². The summed E-state index contributed by atoms with van der Waals surface area (Å²) >= 11 is 7.31.